The van der Waals surface area contributed by atoms with E-state index in [1.165, 1.54) is 0 Å². The minimum Gasteiger partial charge on any atom is -0.479 e. The van der Waals surface area contributed by atoms with Gasteiger partial charge in [-0.25, -0.2) is 9.59 Å². The average molecular weight is 247 g/mol. The van der Waals surface area contributed by atoms with Crippen molar-refractivity contribution in [2.24, 2.45) is 11.1 Å². The molecule has 0 spiro atoms. The predicted molar refractivity (Wildman–Crippen MR) is 58.0 cm³/mol. The topological polar surface area (TPSA) is 142 Å². The maximum Gasteiger partial charge on any atom is 0.334 e. The molecular formula is C9H17N3O5. The summed E-state index contributed by atoms with van der Waals surface area (Å²) >= 11 is 0. The first-order chi connectivity index (χ1) is 7.66. The Balaban J connectivity index is 3.97. The number of aliphatic hydroxyl groups excluding tert-OH is 1. The van der Waals surface area contributed by atoms with Crippen molar-refractivity contribution in [3.63, 3.8) is 0 Å². The smallest absolute Gasteiger partial charge is 0.334 e. The number of amides is 3. The Morgan fingerprint density at radius 2 is 1.82 bits per heavy atom. The van der Waals surface area contributed by atoms with Gasteiger partial charge >= 0.3 is 12.0 Å². The Hall–Kier alpha value is -1.83. The van der Waals surface area contributed by atoms with Crippen LogP contribution in [0.25, 0.3) is 0 Å². The summed E-state index contributed by atoms with van der Waals surface area (Å²) in [7, 11) is 0. The van der Waals surface area contributed by atoms with Crippen molar-refractivity contribution in [3.8, 4) is 0 Å². The number of carboxylic acids is 1. The zero-order valence-corrected chi connectivity index (χ0v) is 9.69. The highest BCUT2D eigenvalue weighted by Crippen LogP contribution is 2.11. The third-order valence-electron chi connectivity index (χ3n) is 2.10. The van der Waals surface area contributed by atoms with Gasteiger partial charge in [0.05, 0.1) is 12.0 Å². The van der Waals surface area contributed by atoms with Crippen LogP contribution in [0.3, 0.4) is 0 Å². The summed E-state index contributed by atoms with van der Waals surface area (Å²) in [4.78, 5) is 32.3. The molecule has 0 heterocycles. The molecule has 0 aromatic carbocycles. The van der Waals surface area contributed by atoms with Crippen LogP contribution >= 0.6 is 0 Å². The molecule has 3 amide bonds. The van der Waals surface area contributed by atoms with E-state index in [1.807, 2.05) is 0 Å². The molecule has 17 heavy (non-hydrogen) atoms. The second-order valence-electron chi connectivity index (χ2n) is 4.17. The van der Waals surface area contributed by atoms with Crippen LogP contribution in [0.1, 0.15) is 13.8 Å². The monoisotopic (exact) mass is 247 g/mol. The minimum absolute atomic E-state index is 0.0112. The van der Waals surface area contributed by atoms with Gasteiger partial charge in [-0.15, -0.1) is 0 Å². The Bertz CT molecular complexity index is 316. The first kappa shape index (κ1) is 15.2. The molecule has 1 atom stereocenters. The zero-order valence-electron chi connectivity index (χ0n) is 9.69. The molecule has 0 rings (SSSR count). The summed E-state index contributed by atoms with van der Waals surface area (Å²) in [5, 5.41) is 21.7. The van der Waals surface area contributed by atoms with Crippen LogP contribution in [-0.2, 0) is 9.59 Å². The third kappa shape index (κ3) is 5.71. The highest BCUT2D eigenvalue weighted by atomic mass is 16.4. The first-order valence-corrected chi connectivity index (χ1v) is 4.89. The Morgan fingerprint density at radius 1 is 1.29 bits per heavy atom. The summed E-state index contributed by atoms with van der Waals surface area (Å²) in [5.41, 5.74) is 4.19. The molecule has 8 nitrogen and oxygen atoms in total. The molecular weight excluding hydrogens is 230 g/mol. The number of carboxylic acid groups (broad SMARTS) is 1. The van der Waals surface area contributed by atoms with E-state index in [2.05, 4.69) is 10.6 Å². The van der Waals surface area contributed by atoms with Gasteiger partial charge in [0.15, 0.2) is 6.10 Å². The molecule has 6 N–H and O–H groups in total. The molecule has 0 aromatic rings. The lowest BCUT2D eigenvalue weighted by molar-refractivity contribution is -0.146. The van der Waals surface area contributed by atoms with Gasteiger partial charge < -0.3 is 26.6 Å². The zero-order chi connectivity index (χ0) is 13.6. The van der Waals surface area contributed by atoms with Crippen LogP contribution in [0.5, 0.6) is 0 Å². The molecule has 0 aliphatic rings. The predicted octanol–water partition coefficient (Wildman–Crippen LogP) is -1.76. The quantitative estimate of drug-likeness (QED) is 0.378. The minimum atomic E-state index is -1.66. The largest absolute Gasteiger partial charge is 0.479 e. The van der Waals surface area contributed by atoms with Crippen molar-refractivity contribution >= 4 is 17.9 Å². The van der Waals surface area contributed by atoms with Crippen molar-refractivity contribution < 1.29 is 24.6 Å². The number of hydrogen-bond acceptors (Lipinski definition) is 4. The molecule has 0 aromatic heterocycles. The molecule has 0 saturated heterocycles. The summed E-state index contributed by atoms with van der Waals surface area (Å²) in [5.74, 6) is -1.99. The van der Waals surface area contributed by atoms with E-state index in [1.54, 1.807) is 13.8 Å². The van der Waals surface area contributed by atoms with Crippen LogP contribution in [0.15, 0.2) is 0 Å². The summed E-state index contributed by atoms with van der Waals surface area (Å²) in [6, 6.07) is -0.681. The first-order valence-electron chi connectivity index (χ1n) is 4.89. The maximum atomic E-state index is 11.2. The summed E-state index contributed by atoms with van der Waals surface area (Å²) in [6.07, 6.45) is -1.66. The van der Waals surface area contributed by atoms with E-state index in [9.17, 15) is 14.4 Å². The van der Waals surface area contributed by atoms with Crippen LogP contribution < -0.4 is 16.4 Å². The van der Waals surface area contributed by atoms with Crippen molar-refractivity contribution in [3.05, 3.63) is 0 Å². The standard InChI is InChI=1S/C9H17N3O5/c1-9(2,7(10)16)4-12-8(17)11-3-5(13)6(14)15/h5,13H,3-4H2,1-2H3,(H2,10,16)(H,14,15)(H2,11,12,17)/t5-/m0/s1. The van der Waals surface area contributed by atoms with Gasteiger partial charge in [-0.05, 0) is 13.8 Å². The number of carbonyl (C=O) groups excluding carboxylic acids is 2. The van der Waals surface area contributed by atoms with E-state index in [0.717, 1.165) is 0 Å². The second-order valence-corrected chi connectivity index (χ2v) is 4.17. The van der Waals surface area contributed by atoms with Gasteiger partial charge in [0.1, 0.15) is 0 Å². The van der Waals surface area contributed by atoms with Gasteiger partial charge in [0.25, 0.3) is 0 Å². The number of primary amides is 1. The van der Waals surface area contributed by atoms with Gasteiger partial charge in [-0.2, -0.15) is 0 Å². The van der Waals surface area contributed by atoms with Gasteiger partial charge in [-0.3, -0.25) is 4.79 Å². The van der Waals surface area contributed by atoms with Gasteiger partial charge in [0, 0.05) is 6.54 Å². The Morgan fingerprint density at radius 3 is 2.24 bits per heavy atom. The summed E-state index contributed by atoms with van der Waals surface area (Å²) < 4.78 is 0. The van der Waals surface area contributed by atoms with Crippen molar-refractivity contribution in [2.75, 3.05) is 13.1 Å². The molecule has 8 heteroatoms. The van der Waals surface area contributed by atoms with Crippen LogP contribution in [-0.4, -0.2) is 47.3 Å². The second kappa shape index (κ2) is 6.04. The normalized spacial score (nSPS) is 12.6. The number of carbonyl (C=O) groups is 3. The fourth-order valence-electron chi connectivity index (χ4n) is 0.728. The number of nitrogens with two attached hydrogens (primary N) is 1. The number of rotatable bonds is 6. The van der Waals surface area contributed by atoms with E-state index in [4.69, 9.17) is 15.9 Å². The number of aliphatic hydroxyl groups is 1. The van der Waals surface area contributed by atoms with Gasteiger partial charge in [0.2, 0.25) is 5.91 Å². The van der Waals surface area contributed by atoms with Crippen LogP contribution in [0, 0.1) is 5.41 Å². The van der Waals surface area contributed by atoms with E-state index < -0.39 is 36.0 Å². The fraction of sp³-hybridized carbons (Fsp3) is 0.667. The van der Waals surface area contributed by atoms with Crippen LogP contribution in [0.4, 0.5) is 4.79 Å². The molecule has 98 valence electrons. The Labute approximate surface area is 98.2 Å². The Kier molecular flexibility index (Phi) is 5.39. The van der Waals surface area contributed by atoms with Crippen molar-refractivity contribution in [1.82, 2.24) is 10.6 Å². The molecule has 0 radical (unpaired) electrons. The molecule has 0 unspecified atom stereocenters. The summed E-state index contributed by atoms with van der Waals surface area (Å²) in [6.45, 7) is 2.71. The average Bonchev–Trinajstić information content (AvgIpc) is 2.22. The number of hydrogen-bond donors (Lipinski definition) is 5. The molecule has 0 bridgehead atoms. The fourth-order valence-corrected chi connectivity index (χ4v) is 0.728. The number of nitrogens with one attached hydrogen (secondary N) is 2. The van der Waals surface area contributed by atoms with E-state index in [-0.39, 0.29) is 6.54 Å². The highest BCUT2D eigenvalue weighted by molar-refractivity contribution is 5.81. The molecule has 0 fully saturated rings. The van der Waals surface area contributed by atoms with Crippen LogP contribution in [0.2, 0.25) is 0 Å². The molecule has 0 saturated carbocycles. The number of aliphatic carboxylic acids is 1. The van der Waals surface area contributed by atoms with E-state index in [0.29, 0.717) is 0 Å². The van der Waals surface area contributed by atoms with Crippen molar-refractivity contribution in [2.45, 2.75) is 20.0 Å². The van der Waals surface area contributed by atoms with E-state index >= 15 is 0 Å². The SMILES string of the molecule is CC(C)(CNC(=O)NC[C@H](O)C(=O)O)C(N)=O. The lowest BCUT2D eigenvalue weighted by Gasteiger charge is -2.20. The number of urea groups is 1. The maximum absolute atomic E-state index is 11.2. The van der Waals surface area contributed by atoms with Crippen molar-refractivity contribution in [1.29, 1.82) is 0 Å². The molecule has 0 aliphatic heterocycles. The lowest BCUT2D eigenvalue weighted by atomic mass is 9.93. The highest BCUT2D eigenvalue weighted by Gasteiger charge is 2.25. The lowest BCUT2D eigenvalue weighted by Crippen LogP contribution is -2.47. The van der Waals surface area contributed by atoms with Gasteiger partial charge in [-0.1, -0.05) is 0 Å². The molecule has 0 aliphatic carbocycles. The third-order valence-corrected chi connectivity index (χ3v) is 2.10.